The van der Waals surface area contributed by atoms with E-state index in [9.17, 15) is 10.1 Å². The molecular formula is C15H22N4O2. The molecule has 0 bridgehead atoms. The molecule has 0 aromatic heterocycles. The smallest absolute Gasteiger partial charge is 0.271 e. The van der Waals surface area contributed by atoms with Crippen molar-refractivity contribution in [2.24, 2.45) is 0 Å². The zero-order valence-electron chi connectivity index (χ0n) is 12.9. The van der Waals surface area contributed by atoms with Gasteiger partial charge in [-0.1, -0.05) is 6.07 Å². The van der Waals surface area contributed by atoms with Crippen LogP contribution in [0, 0.1) is 10.1 Å². The zero-order valence-corrected chi connectivity index (χ0v) is 12.9. The molecule has 0 saturated carbocycles. The zero-order chi connectivity index (χ0) is 15.2. The largest absolute Gasteiger partial charge is 0.304 e. The maximum atomic E-state index is 11.1. The van der Waals surface area contributed by atoms with E-state index in [1.807, 2.05) is 6.07 Å². The Bertz CT molecular complexity index is 565. The number of rotatable bonds is 2. The third-order valence-corrected chi connectivity index (χ3v) is 4.47. The number of nitro benzene ring substituents is 1. The summed E-state index contributed by atoms with van der Waals surface area (Å²) < 4.78 is 0. The Morgan fingerprint density at radius 2 is 1.86 bits per heavy atom. The number of non-ortho nitro benzene ring substituents is 1. The topological polar surface area (TPSA) is 52.9 Å². The Morgan fingerprint density at radius 1 is 1.19 bits per heavy atom. The molecule has 1 aromatic rings. The first-order valence-corrected chi connectivity index (χ1v) is 7.39. The Morgan fingerprint density at radius 3 is 2.48 bits per heavy atom. The summed E-state index contributed by atoms with van der Waals surface area (Å²) in [6.07, 6.45) is 0.923. The van der Waals surface area contributed by atoms with E-state index >= 15 is 0 Å². The van der Waals surface area contributed by atoms with Crippen LogP contribution in [0.3, 0.4) is 0 Å². The Balaban J connectivity index is 1.96. The molecule has 114 valence electrons. The summed E-state index contributed by atoms with van der Waals surface area (Å²) in [6.45, 7) is 8.38. The molecule has 0 unspecified atom stereocenters. The Hall–Kier alpha value is -1.66. The normalized spacial score (nSPS) is 22.3. The molecule has 0 N–H and O–H groups in total. The van der Waals surface area contributed by atoms with Crippen LogP contribution in [0.1, 0.15) is 19.4 Å². The van der Waals surface area contributed by atoms with Gasteiger partial charge in [0.1, 0.15) is 0 Å². The second kappa shape index (κ2) is 4.96. The van der Waals surface area contributed by atoms with Crippen LogP contribution in [-0.2, 0) is 6.42 Å². The van der Waals surface area contributed by atoms with E-state index in [-0.39, 0.29) is 16.1 Å². The number of anilines is 1. The van der Waals surface area contributed by atoms with Crippen molar-refractivity contribution in [2.75, 3.05) is 38.2 Å². The van der Waals surface area contributed by atoms with Crippen LogP contribution in [0.2, 0.25) is 0 Å². The highest BCUT2D eigenvalue weighted by Gasteiger charge is 2.40. The maximum Gasteiger partial charge on any atom is 0.271 e. The van der Waals surface area contributed by atoms with Crippen molar-refractivity contribution >= 4 is 11.4 Å². The molecule has 1 fully saturated rings. The summed E-state index contributed by atoms with van der Waals surface area (Å²) in [4.78, 5) is 13.1. The lowest BCUT2D eigenvalue weighted by Crippen LogP contribution is -2.58. The van der Waals surface area contributed by atoms with Crippen LogP contribution in [0.4, 0.5) is 11.4 Å². The molecule has 0 radical (unpaired) electrons. The van der Waals surface area contributed by atoms with Crippen LogP contribution >= 0.6 is 0 Å². The summed E-state index contributed by atoms with van der Waals surface area (Å²) >= 11 is 0. The average molecular weight is 290 g/mol. The molecule has 0 aliphatic carbocycles. The number of fused-ring (bicyclic) bond motifs is 1. The van der Waals surface area contributed by atoms with Gasteiger partial charge < -0.3 is 4.90 Å². The van der Waals surface area contributed by atoms with Crippen molar-refractivity contribution in [2.45, 2.75) is 25.8 Å². The molecule has 3 rings (SSSR count). The van der Waals surface area contributed by atoms with Gasteiger partial charge in [-0.2, -0.15) is 0 Å². The van der Waals surface area contributed by atoms with Gasteiger partial charge in [-0.05, 0) is 32.9 Å². The second-order valence-corrected chi connectivity index (χ2v) is 6.63. The standard InChI is InChI=1S/C15H22N4O2/c1-15(2)11-12-4-5-13(19(20)21)10-14(12)18(15)17-8-6-16(3)7-9-17/h4-5,10H,6-9,11H2,1-3H3. The summed E-state index contributed by atoms with van der Waals surface area (Å²) in [5.74, 6) is 0. The van der Waals surface area contributed by atoms with E-state index in [1.165, 1.54) is 5.56 Å². The minimum absolute atomic E-state index is 0.0343. The van der Waals surface area contributed by atoms with Crippen LogP contribution in [0.15, 0.2) is 18.2 Å². The van der Waals surface area contributed by atoms with Crippen molar-refractivity contribution < 1.29 is 4.92 Å². The number of hydrogen-bond donors (Lipinski definition) is 0. The number of hydrazine groups is 1. The van der Waals surface area contributed by atoms with Gasteiger partial charge in [0.05, 0.1) is 16.1 Å². The van der Waals surface area contributed by atoms with Gasteiger partial charge in [0.25, 0.3) is 5.69 Å². The van der Waals surface area contributed by atoms with E-state index < -0.39 is 0 Å². The van der Waals surface area contributed by atoms with Crippen molar-refractivity contribution in [3.8, 4) is 0 Å². The number of piperazine rings is 1. The van der Waals surface area contributed by atoms with Crippen LogP contribution in [0.5, 0.6) is 0 Å². The Labute approximate surface area is 125 Å². The number of nitro groups is 1. The summed E-state index contributed by atoms with van der Waals surface area (Å²) in [5.41, 5.74) is 2.34. The van der Waals surface area contributed by atoms with Crippen LogP contribution < -0.4 is 5.01 Å². The number of hydrogen-bond acceptors (Lipinski definition) is 5. The lowest BCUT2D eigenvalue weighted by molar-refractivity contribution is -0.384. The molecule has 21 heavy (non-hydrogen) atoms. The van der Waals surface area contributed by atoms with Gasteiger partial charge in [-0.3, -0.25) is 15.1 Å². The molecule has 1 saturated heterocycles. The van der Waals surface area contributed by atoms with Crippen LogP contribution in [0.25, 0.3) is 0 Å². The van der Waals surface area contributed by atoms with Gasteiger partial charge in [0, 0.05) is 38.3 Å². The van der Waals surface area contributed by atoms with Crippen molar-refractivity contribution in [3.05, 3.63) is 33.9 Å². The van der Waals surface area contributed by atoms with Gasteiger partial charge in [-0.25, -0.2) is 5.01 Å². The number of benzene rings is 1. The highest BCUT2D eigenvalue weighted by molar-refractivity contribution is 5.64. The molecule has 2 aliphatic rings. The molecule has 6 heteroatoms. The highest BCUT2D eigenvalue weighted by atomic mass is 16.6. The van der Waals surface area contributed by atoms with E-state index in [2.05, 4.69) is 35.8 Å². The van der Waals surface area contributed by atoms with Crippen molar-refractivity contribution in [1.29, 1.82) is 0 Å². The fourth-order valence-corrected chi connectivity index (χ4v) is 3.41. The monoisotopic (exact) mass is 290 g/mol. The lowest BCUT2D eigenvalue weighted by Gasteiger charge is -2.46. The summed E-state index contributed by atoms with van der Waals surface area (Å²) in [5, 5.41) is 15.7. The van der Waals surface area contributed by atoms with E-state index in [0.717, 1.165) is 38.3 Å². The van der Waals surface area contributed by atoms with Gasteiger partial charge in [0.15, 0.2) is 0 Å². The fourth-order valence-electron chi connectivity index (χ4n) is 3.41. The Kier molecular flexibility index (Phi) is 3.37. The predicted molar refractivity (Wildman–Crippen MR) is 82.4 cm³/mol. The highest BCUT2D eigenvalue weighted by Crippen LogP contribution is 2.41. The van der Waals surface area contributed by atoms with E-state index in [4.69, 9.17) is 0 Å². The minimum Gasteiger partial charge on any atom is -0.304 e. The predicted octanol–water partition coefficient (Wildman–Crippen LogP) is 1.90. The fraction of sp³-hybridized carbons (Fsp3) is 0.600. The van der Waals surface area contributed by atoms with Gasteiger partial charge in [0.2, 0.25) is 0 Å². The molecule has 6 nitrogen and oxygen atoms in total. The molecule has 2 heterocycles. The van der Waals surface area contributed by atoms with Crippen LogP contribution in [-0.4, -0.2) is 53.6 Å². The molecule has 2 aliphatic heterocycles. The first-order valence-electron chi connectivity index (χ1n) is 7.39. The summed E-state index contributed by atoms with van der Waals surface area (Å²) in [6, 6.07) is 5.25. The first-order chi connectivity index (χ1) is 9.88. The molecule has 1 aromatic carbocycles. The molecule has 0 amide bonds. The van der Waals surface area contributed by atoms with Crippen molar-refractivity contribution in [3.63, 3.8) is 0 Å². The first kappa shape index (κ1) is 14.3. The van der Waals surface area contributed by atoms with E-state index in [0.29, 0.717) is 0 Å². The molecule has 0 spiro atoms. The summed E-state index contributed by atoms with van der Waals surface area (Å²) in [7, 11) is 2.13. The molecule has 0 atom stereocenters. The third-order valence-electron chi connectivity index (χ3n) is 4.47. The third kappa shape index (κ3) is 2.49. The number of likely N-dealkylation sites (N-methyl/N-ethyl adjacent to an activating group) is 1. The minimum atomic E-state index is -0.312. The number of nitrogens with zero attached hydrogens (tertiary/aromatic N) is 4. The van der Waals surface area contributed by atoms with E-state index in [1.54, 1.807) is 12.1 Å². The van der Waals surface area contributed by atoms with Gasteiger partial charge >= 0.3 is 0 Å². The second-order valence-electron chi connectivity index (χ2n) is 6.63. The average Bonchev–Trinajstić information content (AvgIpc) is 2.69. The quantitative estimate of drug-likeness (QED) is 0.615. The van der Waals surface area contributed by atoms with Crippen molar-refractivity contribution in [1.82, 2.24) is 9.91 Å². The maximum absolute atomic E-state index is 11.1. The van der Waals surface area contributed by atoms with Gasteiger partial charge in [-0.15, -0.1) is 0 Å². The SMILES string of the molecule is CN1CCN(N2c3cc([N+](=O)[O-])ccc3CC2(C)C)CC1. The molecular weight excluding hydrogens is 268 g/mol. The lowest BCUT2D eigenvalue weighted by atomic mass is 10.00.